The van der Waals surface area contributed by atoms with Gasteiger partial charge in [0.2, 0.25) is 0 Å². The lowest BCUT2D eigenvalue weighted by molar-refractivity contribution is 0.0648. The standard InChI is InChI=1S/C14H19F2NO2/c15-11-1-2-13(16)12(7-11)14(18)9-17-8-10-3-5-19-6-4-10/h1-2,7,10,14,17-18H,3-6,8-9H2. The van der Waals surface area contributed by atoms with Crippen LogP contribution >= 0.6 is 0 Å². The van der Waals surface area contributed by atoms with E-state index in [1.54, 1.807) is 0 Å². The molecular formula is C14H19F2NO2. The van der Waals surface area contributed by atoms with Crippen molar-refractivity contribution in [1.29, 1.82) is 0 Å². The Hall–Kier alpha value is -1.04. The van der Waals surface area contributed by atoms with Crippen molar-refractivity contribution in [3.63, 3.8) is 0 Å². The molecule has 2 rings (SSSR count). The van der Waals surface area contributed by atoms with E-state index >= 15 is 0 Å². The molecule has 3 nitrogen and oxygen atoms in total. The van der Waals surface area contributed by atoms with Gasteiger partial charge in [0.25, 0.3) is 0 Å². The fraction of sp³-hybridized carbons (Fsp3) is 0.571. The predicted octanol–water partition coefficient (Wildman–Crippen LogP) is 2.01. The van der Waals surface area contributed by atoms with Gasteiger partial charge in [-0.2, -0.15) is 0 Å². The number of hydrogen-bond donors (Lipinski definition) is 2. The van der Waals surface area contributed by atoms with E-state index in [2.05, 4.69) is 5.32 Å². The maximum Gasteiger partial charge on any atom is 0.129 e. The van der Waals surface area contributed by atoms with Crippen LogP contribution in [0.4, 0.5) is 8.78 Å². The van der Waals surface area contributed by atoms with E-state index in [0.717, 1.165) is 50.8 Å². The molecule has 19 heavy (non-hydrogen) atoms. The molecule has 1 aromatic rings. The van der Waals surface area contributed by atoms with Gasteiger partial charge in [-0.3, -0.25) is 0 Å². The number of benzene rings is 1. The van der Waals surface area contributed by atoms with Crippen LogP contribution in [0.3, 0.4) is 0 Å². The molecule has 0 aliphatic carbocycles. The molecule has 0 bridgehead atoms. The van der Waals surface area contributed by atoms with Gasteiger partial charge >= 0.3 is 0 Å². The minimum Gasteiger partial charge on any atom is -0.387 e. The minimum absolute atomic E-state index is 0.000484. The van der Waals surface area contributed by atoms with Crippen LogP contribution in [0.1, 0.15) is 24.5 Å². The highest BCUT2D eigenvalue weighted by molar-refractivity contribution is 5.21. The first-order valence-electron chi connectivity index (χ1n) is 6.58. The van der Waals surface area contributed by atoms with Gasteiger partial charge in [0.05, 0.1) is 6.10 Å². The topological polar surface area (TPSA) is 41.5 Å². The highest BCUT2D eigenvalue weighted by Crippen LogP contribution is 2.18. The van der Waals surface area contributed by atoms with Crippen molar-refractivity contribution in [2.24, 2.45) is 5.92 Å². The molecule has 1 aliphatic rings. The molecule has 1 heterocycles. The summed E-state index contributed by atoms with van der Waals surface area (Å²) in [5.74, 6) is -0.597. The summed E-state index contributed by atoms with van der Waals surface area (Å²) in [6.07, 6.45) is 0.963. The lowest BCUT2D eigenvalue weighted by Crippen LogP contribution is -2.30. The summed E-state index contributed by atoms with van der Waals surface area (Å²) in [5, 5.41) is 13.0. The van der Waals surface area contributed by atoms with Gasteiger partial charge < -0.3 is 15.2 Å². The second kappa shape index (κ2) is 6.93. The minimum atomic E-state index is -1.03. The monoisotopic (exact) mass is 271 g/mol. The quantitative estimate of drug-likeness (QED) is 0.861. The molecule has 106 valence electrons. The number of rotatable bonds is 5. The van der Waals surface area contributed by atoms with Crippen molar-refractivity contribution >= 4 is 0 Å². The summed E-state index contributed by atoms with van der Waals surface area (Å²) in [7, 11) is 0. The van der Waals surface area contributed by atoms with Crippen LogP contribution in [-0.4, -0.2) is 31.4 Å². The Kier molecular flexibility index (Phi) is 5.24. The number of aliphatic hydroxyl groups excluding tert-OH is 1. The van der Waals surface area contributed by atoms with Gasteiger partial charge in [0, 0.05) is 25.3 Å². The first kappa shape index (κ1) is 14.4. The first-order chi connectivity index (χ1) is 9.16. The molecule has 0 saturated carbocycles. The average molecular weight is 271 g/mol. The van der Waals surface area contributed by atoms with E-state index in [4.69, 9.17) is 4.74 Å². The lowest BCUT2D eigenvalue weighted by Gasteiger charge is -2.23. The zero-order valence-electron chi connectivity index (χ0n) is 10.7. The van der Waals surface area contributed by atoms with Crippen LogP contribution in [0.2, 0.25) is 0 Å². The Morgan fingerprint density at radius 2 is 2.05 bits per heavy atom. The number of nitrogens with one attached hydrogen (secondary N) is 1. The second-order valence-electron chi connectivity index (χ2n) is 4.90. The summed E-state index contributed by atoms with van der Waals surface area (Å²) in [5.41, 5.74) is -0.000484. The van der Waals surface area contributed by atoms with Crippen molar-refractivity contribution in [2.75, 3.05) is 26.3 Å². The van der Waals surface area contributed by atoms with Crippen molar-refractivity contribution in [1.82, 2.24) is 5.32 Å². The Bertz CT molecular complexity index is 408. The van der Waals surface area contributed by atoms with E-state index in [-0.39, 0.29) is 12.1 Å². The molecule has 0 amide bonds. The van der Waals surface area contributed by atoms with Crippen LogP contribution in [0, 0.1) is 17.6 Å². The summed E-state index contributed by atoms with van der Waals surface area (Å²) >= 11 is 0. The fourth-order valence-electron chi connectivity index (χ4n) is 2.25. The molecular weight excluding hydrogens is 252 g/mol. The average Bonchev–Trinajstić information content (AvgIpc) is 2.42. The first-order valence-corrected chi connectivity index (χ1v) is 6.58. The van der Waals surface area contributed by atoms with Gasteiger partial charge in [0.15, 0.2) is 0 Å². The zero-order chi connectivity index (χ0) is 13.7. The van der Waals surface area contributed by atoms with Crippen LogP contribution in [0.15, 0.2) is 18.2 Å². The molecule has 1 saturated heterocycles. The van der Waals surface area contributed by atoms with Crippen LogP contribution in [0.25, 0.3) is 0 Å². The Labute approximate surface area is 111 Å². The van der Waals surface area contributed by atoms with Crippen molar-refractivity contribution in [3.05, 3.63) is 35.4 Å². The maximum absolute atomic E-state index is 13.4. The molecule has 0 radical (unpaired) electrons. The number of halogens is 2. The third-order valence-corrected chi connectivity index (χ3v) is 3.43. The molecule has 1 unspecified atom stereocenters. The largest absolute Gasteiger partial charge is 0.387 e. The predicted molar refractivity (Wildman–Crippen MR) is 67.7 cm³/mol. The van der Waals surface area contributed by atoms with E-state index in [1.165, 1.54) is 0 Å². The summed E-state index contributed by atoms with van der Waals surface area (Å²) in [6, 6.07) is 3.11. The van der Waals surface area contributed by atoms with Crippen LogP contribution in [0.5, 0.6) is 0 Å². The van der Waals surface area contributed by atoms with Gasteiger partial charge in [0.1, 0.15) is 11.6 Å². The molecule has 0 spiro atoms. The Balaban J connectivity index is 1.80. The van der Waals surface area contributed by atoms with Crippen molar-refractivity contribution in [2.45, 2.75) is 18.9 Å². The maximum atomic E-state index is 13.4. The molecule has 1 atom stereocenters. The molecule has 0 aromatic heterocycles. The molecule has 5 heteroatoms. The molecule has 2 N–H and O–H groups in total. The third-order valence-electron chi connectivity index (χ3n) is 3.43. The number of ether oxygens (including phenoxy) is 1. The summed E-state index contributed by atoms with van der Waals surface area (Å²) in [4.78, 5) is 0. The highest BCUT2D eigenvalue weighted by Gasteiger charge is 2.16. The van der Waals surface area contributed by atoms with Gasteiger partial charge in [-0.25, -0.2) is 8.78 Å². The van der Waals surface area contributed by atoms with E-state index in [0.29, 0.717) is 5.92 Å². The lowest BCUT2D eigenvalue weighted by atomic mass is 10.0. The highest BCUT2D eigenvalue weighted by atomic mass is 19.1. The molecule has 1 aliphatic heterocycles. The SMILES string of the molecule is OC(CNCC1CCOCC1)c1cc(F)ccc1F. The van der Waals surface area contributed by atoms with Crippen molar-refractivity contribution in [3.8, 4) is 0 Å². The Morgan fingerprint density at radius 1 is 1.32 bits per heavy atom. The van der Waals surface area contributed by atoms with Gasteiger partial charge in [-0.1, -0.05) is 0 Å². The number of aliphatic hydroxyl groups is 1. The fourth-order valence-corrected chi connectivity index (χ4v) is 2.25. The van der Waals surface area contributed by atoms with Crippen molar-refractivity contribution < 1.29 is 18.6 Å². The molecule has 1 fully saturated rings. The van der Waals surface area contributed by atoms with Crippen LogP contribution < -0.4 is 5.32 Å². The summed E-state index contributed by atoms with van der Waals surface area (Å²) in [6.45, 7) is 2.52. The normalized spacial score (nSPS) is 18.5. The smallest absolute Gasteiger partial charge is 0.129 e. The zero-order valence-corrected chi connectivity index (χ0v) is 10.7. The van der Waals surface area contributed by atoms with Gasteiger partial charge in [-0.15, -0.1) is 0 Å². The number of hydrogen-bond acceptors (Lipinski definition) is 3. The van der Waals surface area contributed by atoms with E-state index < -0.39 is 17.7 Å². The van der Waals surface area contributed by atoms with E-state index in [1.807, 2.05) is 0 Å². The summed E-state index contributed by atoms with van der Waals surface area (Å²) < 4.78 is 31.7. The van der Waals surface area contributed by atoms with Gasteiger partial charge in [-0.05, 0) is 43.5 Å². The second-order valence-corrected chi connectivity index (χ2v) is 4.90. The third kappa shape index (κ3) is 4.23. The Morgan fingerprint density at radius 3 is 2.79 bits per heavy atom. The molecule has 1 aromatic carbocycles. The van der Waals surface area contributed by atoms with Crippen LogP contribution in [-0.2, 0) is 4.74 Å². The van der Waals surface area contributed by atoms with E-state index in [9.17, 15) is 13.9 Å².